The topological polar surface area (TPSA) is 66.5 Å². The number of nitrogens with one attached hydrogen (secondary N) is 1. The summed E-state index contributed by atoms with van der Waals surface area (Å²) in [5.41, 5.74) is 1.89. The summed E-state index contributed by atoms with van der Waals surface area (Å²) in [6, 6.07) is 5.48. The highest BCUT2D eigenvalue weighted by Gasteiger charge is 2.52. The van der Waals surface area contributed by atoms with Gasteiger partial charge in [0.25, 0.3) is 0 Å². The van der Waals surface area contributed by atoms with E-state index in [0.29, 0.717) is 30.8 Å². The smallest absolute Gasteiger partial charge is 0.243 e. The van der Waals surface area contributed by atoms with Crippen LogP contribution in [0, 0.1) is 37.5 Å². The van der Waals surface area contributed by atoms with E-state index in [9.17, 15) is 13.2 Å². The van der Waals surface area contributed by atoms with Gasteiger partial charge < -0.3 is 5.32 Å². The summed E-state index contributed by atoms with van der Waals surface area (Å²) in [6.45, 7) is 4.67. The van der Waals surface area contributed by atoms with Gasteiger partial charge in [-0.25, -0.2) is 8.42 Å². The molecule has 164 valence electrons. The van der Waals surface area contributed by atoms with Crippen LogP contribution in [0.2, 0.25) is 0 Å². The van der Waals surface area contributed by atoms with Crippen molar-refractivity contribution in [2.24, 2.45) is 23.7 Å². The zero-order valence-electron chi connectivity index (χ0n) is 18.2. The van der Waals surface area contributed by atoms with Gasteiger partial charge in [-0.3, -0.25) is 4.79 Å². The molecule has 0 atom stereocenters. The molecule has 4 bridgehead atoms. The number of piperidine rings is 1. The second-order valence-electron chi connectivity index (χ2n) is 10.6. The third-order valence-electron chi connectivity index (χ3n) is 8.20. The second-order valence-corrected chi connectivity index (χ2v) is 12.5. The average molecular weight is 431 g/mol. The first-order chi connectivity index (χ1) is 14.2. The lowest BCUT2D eigenvalue weighted by Crippen LogP contribution is -2.61. The molecule has 1 saturated heterocycles. The maximum atomic E-state index is 13.1. The minimum Gasteiger partial charge on any atom is -0.350 e. The predicted octanol–water partition coefficient (Wildman–Crippen LogP) is 3.79. The van der Waals surface area contributed by atoms with Crippen molar-refractivity contribution in [3.63, 3.8) is 0 Å². The third kappa shape index (κ3) is 3.60. The van der Waals surface area contributed by atoms with E-state index >= 15 is 0 Å². The van der Waals surface area contributed by atoms with Crippen LogP contribution in [-0.2, 0) is 14.8 Å². The van der Waals surface area contributed by atoms with Crippen LogP contribution < -0.4 is 5.32 Å². The molecule has 5 aliphatic rings. The van der Waals surface area contributed by atoms with E-state index in [4.69, 9.17) is 0 Å². The van der Waals surface area contributed by atoms with E-state index in [2.05, 4.69) is 5.32 Å². The Morgan fingerprint density at radius 2 is 1.57 bits per heavy atom. The van der Waals surface area contributed by atoms with Crippen LogP contribution in [0.1, 0.15) is 62.5 Å². The standard InChI is InChI=1S/C24H34N2O3S/c1-16-3-4-22(17(2)9-16)30(28,29)26-7-5-21(6-8-26)23(27)25-24-13-18-10-19(14-24)12-20(11-18)15-24/h3-4,9,18-21H,5-8,10-15H2,1-2H3,(H,25,27). The van der Waals surface area contributed by atoms with Gasteiger partial charge in [-0.15, -0.1) is 0 Å². The maximum absolute atomic E-state index is 13.1. The predicted molar refractivity (Wildman–Crippen MR) is 116 cm³/mol. The quantitative estimate of drug-likeness (QED) is 0.790. The first-order valence-corrected chi connectivity index (χ1v) is 13.1. The SMILES string of the molecule is Cc1ccc(S(=O)(=O)N2CCC(C(=O)NC34CC5CC(CC(C5)C3)C4)CC2)c(C)c1. The van der Waals surface area contributed by atoms with Gasteiger partial charge in [0.1, 0.15) is 0 Å². The molecule has 0 spiro atoms. The van der Waals surface area contributed by atoms with Crippen LogP contribution in [0.15, 0.2) is 23.1 Å². The highest BCUT2D eigenvalue weighted by molar-refractivity contribution is 7.89. The zero-order valence-corrected chi connectivity index (χ0v) is 19.0. The van der Waals surface area contributed by atoms with Crippen LogP contribution in [0.5, 0.6) is 0 Å². The molecule has 30 heavy (non-hydrogen) atoms. The lowest BCUT2D eigenvalue weighted by molar-refractivity contribution is -0.132. The molecular formula is C24H34N2O3S. The monoisotopic (exact) mass is 430 g/mol. The van der Waals surface area contributed by atoms with E-state index in [0.717, 1.165) is 48.1 Å². The van der Waals surface area contributed by atoms with Crippen molar-refractivity contribution < 1.29 is 13.2 Å². The second kappa shape index (κ2) is 7.33. The molecule has 6 heteroatoms. The zero-order chi connectivity index (χ0) is 21.1. The van der Waals surface area contributed by atoms with Gasteiger partial charge in [0, 0.05) is 24.5 Å². The van der Waals surface area contributed by atoms with Crippen molar-refractivity contribution in [3.8, 4) is 0 Å². The van der Waals surface area contributed by atoms with Gasteiger partial charge in [0.15, 0.2) is 0 Å². The summed E-state index contributed by atoms with van der Waals surface area (Å²) in [4.78, 5) is 13.5. The van der Waals surface area contributed by atoms with Gasteiger partial charge in [-0.1, -0.05) is 17.7 Å². The molecule has 5 fully saturated rings. The van der Waals surface area contributed by atoms with Crippen LogP contribution >= 0.6 is 0 Å². The minimum atomic E-state index is -3.50. The minimum absolute atomic E-state index is 0.0358. The molecule has 1 aliphatic heterocycles. The summed E-state index contributed by atoms with van der Waals surface area (Å²) in [5.74, 6) is 2.52. The number of sulfonamides is 1. The number of nitrogens with zero attached hydrogens (tertiary/aromatic N) is 1. The third-order valence-corrected chi connectivity index (χ3v) is 10.3. The van der Waals surface area contributed by atoms with E-state index in [-0.39, 0.29) is 17.4 Å². The summed E-state index contributed by atoms with van der Waals surface area (Å²) >= 11 is 0. The average Bonchev–Trinajstić information content (AvgIpc) is 2.66. The number of amides is 1. The molecule has 1 amide bonds. The van der Waals surface area contributed by atoms with E-state index in [1.165, 1.54) is 19.3 Å². The largest absolute Gasteiger partial charge is 0.350 e. The van der Waals surface area contributed by atoms with Crippen LogP contribution in [-0.4, -0.2) is 37.3 Å². The van der Waals surface area contributed by atoms with Crippen LogP contribution in [0.3, 0.4) is 0 Å². The van der Waals surface area contributed by atoms with Crippen molar-refractivity contribution in [1.29, 1.82) is 0 Å². The molecule has 0 aromatic heterocycles. The van der Waals surface area contributed by atoms with Crippen LogP contribution in [0.25, 0.3) is 0 Å². The maximum Gasteiger partial charge on any atom is 0.243 e. The first kappa shape index (κ1) is 20.5. The molecular weight excluding hydrogens is 396 g/mol. The summed E-state index contributed by atoms with van der Waals surface area (Å²) < 4.78 is 27.8. The van der Waals surface area contributed by atoms with E-state index < -0.39 is 10.0 Å². The molecule has 6 rings (SSSR count). The van der Waals surface area contributed by atoms with Crippen molar-refractivity contribution in [2.45, 2.75) is 75.6 Å². The van der Waals surface area contributed by atoms with Gasteiger partial charge in [-0.05, 0) is 94.6 Å². The molecule has 1 N–H and O–H groups in total. The first-order valence-electron chi connectivity index (χ1n) is 11.6. The van der Waals surface area contributed by atoms with Gasteiger partial charge in [0.2, 0.25) is 15.9 Å². The lowest BCUT2D eigenvalue weighted by Gasteiger charge is -2.57. The Morgan fingerprint density at radius 1 is 1.00 bits per heavy atom. The molecule has 1 aromatic carbocycles. The Bertz CT molecular complexity index is 912. The van der Waals surface area contributed by atoms with Crippen molar-refractivity contribution in [3.05, 3.63) is 29.3 Å². The Morgan fingerprint density at radius 3 is 2.10 bits per heavy atom. The number of carbonyl (C=O) groups excluding carboxylic acids is 1. The fourth-order valence-corrected chi connectivity index (χ4v) is 8.89. The highest BCUT2D eigenvalue weighted by Crippen LogP contribution is 2.55. The van der Waals surface area contributed by atoms with Gasteiger partial charge >= 0.3 is 0 Å². The number of rotatable bonds is 4. The number of aryl methyl sites for hydroxylation is 2. The normalized spacial score (nSPS) is 34.3. The van der Waals surface area contributed by atoms with Gasteiger partial charge in [0.05, 0.1) is 4.90 Å². The fraction of sp³-hybridized carbons (Fsp3) is 0.708. The lowest BCUT2D eigenvalue weighted by atomic mass is 9.53. The number of benzene rings is 1. The molecule has 4 saturated carbocycles. The number of carbonyl (C=O) groups is 1. The Hall–Kier alpha value is -1.40. The highest BCUT2D eigenvalue weighted by atomic mass is 32.2. The van der Waals surface area contributed by atoms with Crippen LogP contribution in [0.4, 0.5) is 0 Å². The van der Waals surface area contributed by atoms with Crippen molar-refractivity contribution in [2.75, 3.05) is 13.1 Å². The molecule has 1 aromatic rings. The molecule has 4 aliphatic carbocycles. The number of hydrogen-bond donors (Lipinski definition) is 1. The molecule has 0 unspecified atom stereocenters. The van der Waals surface area contributed by atoms with E-state index in [1.54, 1.807) is 10.4 Å². The molecule has 1 heterocycles. The van der Waals surface area contributed by atoms with Crippen molar-refractivity contribution in [1.82, 2.24) is 9.62 Å². The Balaban J connectivity index is 1.22. The van der Waals surface area contributed by atoms with Gasteiger partial charge in [-0.2, -0.15) is 4.31 Å². The number of hydrogen-bond acceptors (Lipinski definition) is 3. The fourth-order valence-electron chi connectivity index (χ4n) is 7.21. The summed E-state index contributed by atoms with van der Waals surface area (Å²) in [7, 11) is -3.50. The van der Waals surface area contributed by atoms with Crippen molar-refractivity contribution >= 4 is 15.9 Å². The Kier molecular flexibility index (Phi) is 5.01. The molecule has 0 radical (unpaired) electrons. The van der Waals surface area contributed by atoms with E-state index in [1.807, 2.05) is 26.0 Å². The summed E-state index contributed by atoms with van der Waals surface area (Å²) in [5, 5.41) is 3.49. The summed E-state index contributed by atoms with van der Waals surface area (Å²) in [6.07, 6.45) is 8.79. The Labute approximate surface area is 180 Å². The molecule has 5 nitrogen and oxygen atoms in total.